The van der Waals surface area contributed by atoms with Crippen molar-refractivity contribution in [3.8, 4) is 0 Å². The second kappa shape index (κ2) is 6.65. The molecule has 0 saturated heterocycles. The number of carbonyl (C=O) groups is 2. The van der Waals surface area contributed by atoms with Gasteiger partial charge in [-0.1, -0.05) is 18.2 Å². The number of aliphatic hydroxyl groups excluding tert-OH is 1. The van der Waals surface area contributed by atoms with Gasteiger partial charge in [-0.3, -0.25) is 9.59 Å². The molecule has 1 rings (SSSR count). The van der Waals surface area contributed by atoms with E-state index < -0.39 is 11.9 Å². The Bertz CT molecular complexity index is 377. The molecule has 1 aromatic rings. The molecule has 0 saturated carbocycles. The van der Waals surface area contributed by atoms with Crippen LogP contribution in [0, 0.1) is 5.92 Å². The predicted molar refractivity (Wildman–Crippen MR) is 61.6 cm³/mol. The average molecular weight is 237 g/mol. The van der Waals surface area contributed by atoms with Crippen molar-refractivity contribution in [1.29, 1.82) is 0 Å². The van der Waals surface area contributed by atoms with Gasteiger partial charge in [-0.2, -0.15) is 0 Å². The Hall–Kier alpha value is -1.88. The third kappa shape index (κ3) is 4.65. The van der Waals surface area contributed by atoms with Crippen molar-refractivity contribution >= 4 is 11.9 Å². The van der Waals surface area contributed by atoms with Gasteiger partial charge in [-0.25, -0.2) is 0 Å². The van der Waals surface area contributed by atoms with Gasteiger partial charge in [0.2, 0.25) is 0 Å². The van der Waals surface area contributed by atoms with Crippen molar-refractivity contribution < 1.29 is 19.8 Å². The molecule has 0 aromatic heterocycles. The summed E-state index contributed by atoms with van der Waals surface area (Å²) in [7, 11) is 0. The molecule has 0 spiro atoms. The summed E-state index contributed by atoms with van der Waals surface area (Å²) in [6, 6.07) is 8.63. The highest BCUT2D eigenvalue weighted by Crippen LogP contribution is 2.02. The summed E-state index contributed by atoms with van der Waals surface area (Å²) in [6.07, 6.45) is -0.161. The Morgan fingerprint density at radius 1 is 1.24 bits per heavy atom. The number of carboxylic acids is 1. The van der Waals surface area contributed by atoms with E-state index in [0.717, 1.165) is 0 Å². The number of carbonyl (C=O) groups excluding carboxylic acids is 1. The number of aliphatic hydroxyl groups is 1. The molecule has 5 heteroatoms. The number of hydrogen-bond acceptors (Lipinski definition) is 3. The summed E-state index contributed by atoms with van der Waals surface area (Å²) in [6.45, 7) is -0.113. The third-order valence-corrected chi connectivity index (χ3v) is 2.31. The Balaban J connectivity index is 2.44. The van der Waals surface area contributed by atoms with E-state index in [1.807, 2.05) is 0 Å². The molecule has 5 nitrogen and oxygen atoms in total. The van der Waals surface area contributed by atoms with E-state index in [1.54, 1.807) is 30.3 Å². The number of hydrogen-bond donors (Lipinski definition) is 3. The Morgan fingerprint density at radius 2 is 1.88 bits per heavy atom. The average Bonchev–Trinajstić information content (AvgIpc) is 2.34. The van der Waals surface area contributed by atoms with Gasteiger partial charge >= 0.3 is 5.97 Å². The number of rotatable bonds is 6. The first-order valence-electron chi connectivity index (χ1n) is 5.29. The lowest BCUT2D eigenvalue weighted by Gasteiger charge is -2.12. The highest BCUT2D eigenvalue weighted by atomic mass is 16.4. The zero-order valence-electron chi connectivity index (χ0n) is 9.30. The van der Waals surface area contributed by atoms with Gasteiger partial charge in [0.15, 0.2) is 0 Å². The van der Waals surface area contributed by atoms with E-state index in [1.165, 1.54) is 0 Å². The summed E-state index contributed by atoms with van der Waals surface area (Å²) in [5, 5.41) is 20.1. The molecule has 1 aromatic carbocycles. The van der Waals surface area contributed by atoms with Crippen molar-refractivity contribution in [2.45, 2.75) is 6.42 Å². The van der Waals surface area contributed by atoms with Gasteiger partial charge in [-0.05, 0) is 12.1 Å². The quantitative estimate of drug-likeness (QED) is 0.672. The number of amides is 1. The van der Waals surface area contributed by atoms with E-state index >= 15 is 0 Å². The van der Waals surface area contributed by atoms with Crippen LogP contribution in [-0.4, -0.2) is 35.2 Å². The highest BCUT2D eigenvalue weighted by molar-refractivity contribution is 5.94. The summed E-state index contributed by atoms with van der Waals surface area (Å²) >= 11 is 0. The Labute approximate surface area is 99.1 Å². The maximum absolute atomic E-state index is 11.6. The largest absolute Gasteiger partial charge is 0.481 e. The van der Waals surface area contributed by atoms with Crippen LogP contribution in [0.25, 0.3) is 0 Å². The molecule has 17 heavy (non-hydrogen) atoms. The van der Waals surface area contributed by atoms with Gasteiger partial charge in [-0.15, -0.1) is 0 Å². The van der Waals surface area contributed by atoms with E-state index in [2.05, 4.69) is 5.32 Å². The lowest BCUT2D eigenvalue weighted by Crippen LogP contribution is -2.31. The number of aliphatic carboxylic acids is 1. The normalized spacial score (nSPS) is 11.8. The van der Waals surface area contributed by atoms with Crippen molar-refractivity contribution in [3.05, 3.63) is 35.9 Å². The van der Waals surface area contributed by atoms with Crippen LogP contribution in [0.3, 0.4) is 0 Å². The highest BCUT2D eigenvalue weighted by Gasteiger charge is 2.13. The summed E-state index contributed by atoms with van der Waals surface area (Å²) in [4.78, 5) is 22.1. The molecular weight excluding hydrogens is 222 g/mol. The summed E-state index contributed by atoms with van der Waals surface area (Å²) in [5.74, 6) is -1.72. The third-order valence-electron chi connectivity index (χ3n) is 2.31. The van der Waals surface area contributed by atoms with Crippen LogP contribution in [0.15, 0.2) is 30.3 Å². The maximum Gasteiger partial charge on any atom is 0.303 e. The van der Waals surface area contributed by atoms with Crippen molar-refractivity contribution in [2.75, 3.05) is 13.2 Å². The molecule has 1 amide bonds. The van der Waals surface area contributed by atoms with Crippen LogP contribution in [0.1, 0.15) is 16.8 Å². The zero-order valence-corrected chi connectivity index (χ0v) is 9.30. The minimum absolute atomic E-state index is 0.149. The van der Waals surface area contributed by atoms with Gasteiger partial charge in [0, 0.05) is 24.6 Å². The lowest BCUT2D eigenvalue weighted by molar-refractivity contribution is -0.138. The number of carboxylic acid groups (broad SMARTS) is 1. The molecule has 1 atom stereocenters. The smallest absolute Gasteiger partial charge is 0.303 e. The monoisotopic (exact) mass is 237 g/mol. The molecule has 0 radical (unpaired) electrons. The van der Waals surface area contributed by atoms with E-state index in [0.29, 0.717) is 5.56 Å². The van der Waals surface area contributed by atoms with Crippen molar-refractivity contribution in [3.63, 3.8) is 0 Å². The Kier molecular flexibility index (Phi) is 5.16. The predicted octanol–water partition coefficient (Wildman–Crippen LogP) is 0.500. The van der Waals surface area contributed by atoms with Crippen LogP contribution in [0.5, 0.6) is 0 Å². The SMILES string of the molecule is O=C(O)CC(CO)CNC(=O)c1ccccc1. The topological polar surface area (TPSA) is 86.6 Å². The van der Waals surface area contributed by atoms with Crippen LogP contribution in [0.4, 0.5) is 0 Å². The van der Waals surface area contributed by atoms with Crippen LogP contribution >= 0.6 is 0 Å². The van der Waals surface area contributed by atoms with Crippen molar-refractivity contribution in [1.82, 2.24) is 5.32 Å². The molecule has 92 valence electrons. The fourth-order valence-corrected chi connectivity index (χ4v) is 1.38. The summed E-state index contributed by atoms with van der Waals surface area (Å²) in [5.41, 5.74) is 0.513. The molecule has 0 bridgehead atoms. The molecule has 0 fully saturated rings. The second-order valence-electron chi connectivity index (χ2n) is 3.72. The van der Waals surface area contributed by atoms with Gasteiger partial charge in [0.05, 0.1) is 6.42 Å². The lowest BCUT2D eigenvalue weighted by atomic mass is 10.1. The maximum atomic E-state index is 11.6. The molecular formula is C12H15NO4. The van der Waals surface area contributed by atoms with Gasteiger partial charge in [0.1, 0.15) is 0 Å². The van der Waals surface area contributed by atoms with E-state index in [9.17, 15) is 9.59 Å². The van der Waals surface area contributed by atoms with E-state index in [4.69, 9.17) is 10.2 Å². The molecule has 3 N–H and O–H groups in total. The van der Waals surface area contributed by atoms with Gasteiger partial charge in [0.25, 0.3) is 5.91 Å². The standard InChI is InChI=1S/C12H15NO4/c14-8-9(6-11(15)16)7-13-12(17)10-4-2-1-3-5-10/h1-5,9,14H,6-8H2,(H,13,17)(H,15,16). The summed E-state index contributed by atoms with van der Waals surface area (Å²) < 4.78 is 0. The van der Waals surface area contributed by atoms with Crippen LogP contribution in [-0.2, 0) is 4.79 Å². The molecule has 1 unspecified atom stereocenters. The minimum Gasteiger partial charge on any atom is -0.481 e. The molecule has 0 aliphatic heterocycles. The van der Waals surface area contributed by atoms with Gasteiger partial charge < -0.3 is 15.5 Å². The first kappa shape index (κ1) is 13.2. The van der Waals surface area contributed by atoms with Crippen LogP contribution in [0.2, 0.25) is 0 Å². The number of nitrogens with one attached hydrogen (secondary N) is 1. The van der Waals surface area contributed by atoms with Crippen molar-refractivity contribution in [2.24, 2.45) is 5.92 Å². The molecule has 0 aliphatic rings. The first-order valence-corrected chi connectivity index (χ1v) is 5.29. The first-order chi connectivity index (χ1) is 8.13. The van der Waals surface area contributed by atoms with E-state index in [-0.39, 0.29) is 25.5 Å². The second-order valence-corrected chi connectivity index (χ2v) is 3.72. The fraction of sp³-hybridized carbons (Fsp3) is 0.333. The molecule has 0 aliphatic carbocycles. The van der Waals surface area contributed by atoms with Crippen LogP contribution < -0.4 is 5.32 Å². The zero-order chi connectivity index (χ0) is 12.7. The number of benzene rings is 1. The Morgan fingerprint density at radius 3 is 2.41 bits per heavy atom. The minimum atomic E-state index is -0.988. The fourth-order valence-electron chi connectivity index (χ4n) is 1.38. The molecule has 0 heterocycles.